The van der Waals surface area contributed by atoms with Gasteiger partial charge in [-0.2, -0.15) is 0 Å². The van der Waals surface area contributed by atoms with Crippen LogP contribution in [0.4, 0.5) is 5.69 Å². The number of carbonyl (C=O) groups excluding carboxylic acids is 1. The van der Waals surface area contributed by atoms with Crippen LogP contribution in [0.5, 0.6) is 0 Å². The highest BCUT2D eigenvalue weighted by atomic mass is 16.2. The minimum atomic E-state index is -0.557. The molecule has 0 heterocycles. The maximum absolute atomic E-state index is 12.6. The number of rotatable bonds is 3. The highest BCUT2D eigenvalue weighted by Gasteiger charge is 2.29. The van der Waals surface area contributed by atoms with E-state index in [1.165, 1.54) is 5.56 Å². The normalized spacial score (nSPS) is 11.2. The molecule has 2 heteroatoms. The van der Waals surface area contributed by atoms with Gasteiger partial charge in [-0.15, -0.1) is 0 Å². The molecule has 0 saturated heterocycles. The number of amides is 1. The van der Waals surface area contributed by atoms with Gasteiger partial charge in [0.2, 0.25) is 5.91 Å². The lowest BCUT2D eigenvalue weighted by Crippen LogP contribution is -2.34. The standard InChI is InChI=1S/C18H21NO/c1-13-10-11-16(14(2)12-13)19-17(20)18(3,4)15-8-6-5-7-9-15/h5-12H,1-4H3,(H,19,20). The van der Waals surface area contributed by atoms with Gasteiger partial charge in [0.25, 0.3) is 0 Å². The topological polar surface area (TPSA) is 29.1 Å². The van der Waals surface area contributed by atoms with Crippen LogP contribution in [0.25, 0.3) is 0 Å². The average molecular weight is 267 g/mol. The summed E-state index contributed by atoms with van der Waals surface area (Å²) in [6.07, 6.45) is 0. The van der Waals surface area contributed by atoms with Crippen LogP contribution in [-0.4, -0.2) is 5.91 Å². The van der Waals surface area contributed by atoms with Gasteiger partial charge in [0, 0.05) is 5.69 Å². The summed E-state index contributed by atoms with van der Waals surface area (Å²) in [4.78, 5) is 12.6. The summed E-state index contributed by atoms with van der Waals surface area (Å²) in [5.41, 5.74) is 3.62. The van der Waals surface area contributed by atoms with E-state index in [-0.39, 0.29) is 5.91 Å². The van der Waals surface area contributed by atoms with E-state index in [0.29, 0.717) is 0 Å². The third kappa shape index (κ3) is 2.90. The molecule has 0 saturated carbocycles. The van der Waals surface area contributed by atoms with Crippen LogP contribution in [0.15, 0.2) is 48.5 Å². The van der Waals surface area contributed by atoms with E-state index in [0.717, 1.165) is 16.8 Å². The van der Waals surface area contributed by atoms with E-state index in [4.69, 9.17) is 0 Å². The van der Waals surface area contributed by atoms with Gasteiger partial charge < -0.3 is 5.32 Å². The van der Waals surface area contributed by atoms with Crippen molar-refractivity contribution < 1.29 is 4.79 Å². The molecule has 0 spiro atoms. The first-order valence-corrected chi connectivity index (χ1v) is 6.85. The molecule has 0 fully saturated rings. The summed E-state index contributed by atoms with van der Waals surface area (Å²) in [6.45, 7) is 7.95. The Bertz CT molecular complexity index is 615. The van der Waals surface area contributed by atoms with Gasteiger partial charge in [0.05, 0.1) is 5.41 Å². The number of aryl methyl sites for hydroxylation is 2. The largest absolute Gasteiger partial charge is 0.325 e. The molecule has 20 heavy (non-hydrogen) atoms. The van der Waals surface area contributed by atoms with E-state index in [2.05, 4.69) is 11.4 Å². The van der Waals surface area contributed by atoms with E-state index >= 15 is 0 Å². The first-order valence-electron chi connectivity index (χ1n) is 6.85. The van der Waals surface area contributed by atoms with Crippen molar-refractivity contribution in [1.82, 2.24) is 0 Å². The van der Waals surface area contributed by atoms with Crippen molar-refractivity contribution in [2.45, 2.75) is 33.1 Å². The molecule has 2 rings (SSSR count). The summed E-state index contributed by atoms with van der Waals surface area (Å²) < 4.78 is 0. The lowest BCUT2D eigenvalue weighted by atomic mass is 9.83. The van der Waals surface area contributed by atoms with Crippen LogP contribution in [0, 0.1) is 13.8 Å². The van der Waals surface area contributed by atoms with Gasteiger partial charge in [-0.25, -0.2) is 0 Å². The van der Waals surface area contributed by atoms with Gasteiger partial charge >= 0.3 is 0 Å². The van der Waals surface area contributed by atoms with Crippen LogP contribution in [-0.2, 0) is 10.2 Å². The Hall–Kier alpha value is -2.09. The molecule has 0 aromatic heterocycles. The van der Waals surface area contributed by atoms with Crippen molar-refractivity contribution in [3.63, 3.8) is 0 Å². The maximum Gasteiger partial charge on any atom is 0.234 e. The first kappa shape index (κ1) is 14.3. The number of nitrogens with one attached hydrogen (secondary N) is 1. The minimum Gasteiger partial charge on any atom is -0.325 e. The molecule has 1 N–H and O–H groups in total. The summed E-state index contributed by atoms with van der Waals surface area (Å²) in [5, 5.41) is 3.04. The molecule has 0 aliphatic carbocycles. The van der Waals surface area contributed by atoms with Gasteiger partial charge in [0.1, 0.15) is 0 Å². The Labute approximate surface area is 120 Å². The van der Waals surface area contributed by atoms with E-state index in [1.54, 1.807) is 0 Å². The Morgan fingerprint density at radius 3 is 2.25 bits per heavy atom. The second-order valence-corrected chi connectivity index (χ2v) is 5.76. The molecule has 0 aliphatic heterocycles. The monoisotopic (exact) mass is 267 g/mol. The van der Waals surface area contributed by atoms with Gasteiger partial charge in [-0.3, -0.25) is 4.79 Å². The zero-order valence-electron chi connectivity index (χ0n) is 12.5. The Morgan fingerprint density at radius 1 is 1.00 bits per heavy atom. The van der Waals surface area contributed by atoms with Crippen LogP contribution < -0.4 is 5.32 Å². The van der Waals surface area contributed by atoms with Gasteiger partial charge in [-0.05, 0) is 44.9 Å². The molecule has 0 bridgehead atoms. The summed E-state index contributed by atoms with van der Waals surface area (Å²) >= 11 is 0. The zero-order chi connectivity index (χ0) is 14.8. The fraction of sp³-hybridized carbons (Fsp3) is 0.278. The van der Waals surface area contributed by atoms with E-state index in [9.17, 15) is 4.79 Å². The van der Waals surface area contributed by atoms with Crippen molar-refractivity contribution in [3.05, 3.63) is 65.2 Å². The van der Waals surface area contributed by atoms with Crippen LogP contribution in [0.3, 0.4) is 0 Å². The number of anilines is 1. The quantitative estimate of drug-likeness (QED) is 0.886. The lowest BCUT2D eigenvalue weighted by molar-refractivity contribution is -0.120. The number of benzene rings is 2. The van der Waals surface area contributed by atoms with Crippen molar-refractivity contribution in [2.75, 3.05) is 5.32 Å². The molecule has 0 radical (unpaired) electrons. The summed E-state index contributed by atoms with van der Waals surface area (Å²) in [6, 6.07) is 15.9. The second kappa shape index (κ2) is 5.49. The molecule has 0 atom stereocenters. The lowest BCUT2D eigenvalue weighted by Gasteiger charge is -2.24. The summed E-state index contributed by atoms with van der Waals surface area (Å²) in [7, 11) is 0. The van der Waals surface area contributed by atoms with Crippen molar-refractivity contribution >= 4 is 11.6 Å². The SMILES string of the molecule is Cc1ccc(NC(=O)C(C)(C)c2ccccc2)c(C)c1. The fourth-order valence-electron chi connectivity index (χ4n) is 2.22. The molecular weight excluding hydrogens is 246 g/mol. The Morgan fingerprint density at radius 2 is 1.65 bits per heavy atom. The highest BCUT2D eigenvalue weighted by Crippen LogP contribution is 2.26. The third-order valence-corrected chi connectivity index (χ3v) is 3.69. The van der Waals surface area contributed by atoms with E-state index in [1.807, 2.05) is 70.2 Å². The third-order valence-electron chi connectivity index (χ3n) is 3.69. The minimum absolute atomic E-state index is 0.00986. The smallest absolute Gasteiger partial charge is 0.234 e. The van der Waals surface area contributed by atoms with Crippen molar-refractivity contribution in [3.8, 4) is 0 Å². The summed E-state index contributed by atoms with van der Waals surface area (Å²) in [5.74, 6) is 0.00986. The van der Waals surface area contributed by atoms with Gasteiger partial charge in [0.15, 0.2) is 0 Å². The molecule has 2 aromatic carbocycles. The molecule has 104 valence electrons. The van der Waals surface area contributed by atoms with Crippen LogP contribution in [0.2, 0.25) is 0 Å². The van der Waals surface area contributed by atoms with Crippen LogP contribution >= 0.6 is 0 Å². The Balaban J connectivity index is 2.23. The zero-order valence-corrected chi connectivity index (χ0v) is 12.5. The van der Waals surface area contributed by atoms with Crippen LogP contribution in [0.1, 0.15) is 30.5 Å². The molecular formula is C18H21NO. The van der Waals surface area contributed by atoms with Crippen molar-refractivity contribution in [1.29, 1.82) is 0 Å². The number of hydrogen-bond donors (Lipinski definition) is 1. The average Bonchev–Trinajstić information content (AvgIpc) is 2.42. The highest BCUT2D eigenvalue weighted by molar-refractivity contribution is 5.99. The fourth-order valence-corrected chi connectivity index (χ4v) is 2.22. The Kier molecular flexibility index (Phi) is 3.93. The number of carbonyl (C=O) groups is 1. The molecule has 0 aliphatic rings. The predicted octanol–water partition coefficient (Wildman–Crippen LogP) is 4.22. The first-order chi connectivity index (χ1) is 9.41. The molecule has 1 amide bonds. The molecule has 2 nitrogen and oxygen atoms in total. The molecule has 0 unspecified atom stereocenters. The molecule has 2 aromatic rings. The van der Waals surface area contributed by atoms with Gasteiger partial charge in [-0.1, -0.05) is 48.0 Å². The second-order valence-electron chi connectivity index (χ2n) is 5.76. The maximum atomic E-state index is 12.6. The predicted molar refractivity (Wildman–Crippen MR) is 84.0 cm³/mol. The number of hydrogen-bond acceptors (Lipinski definition) is 1. The van der Waals surface area contributed by atoms with Crippen molar-refractivity contribution in [2.24, 2.45) is 0 Å². The van der Waals surface area contributed by atoms with E-state index < -0.39 is 5.41 Å².